The summed E-state index contributed by atoms with van der Waals surface area (Å²) in [6.45, 7) is 7.09. The number of methoxy groups -OCH3 is 1. The van der Waals surface area contributed by atoms with Gasteiger partial charge in [0.25, 0.3) is 0 Å². The fourth-order valence-electron chi connectivity index (χ4n) is 1.11. The molecule has 0 amide bonds. The third-order valence-corrected chi connectivity index (χ3v) is 2.00. The second kappa shape index (κ2) is 10.2. The van der Waals surface area contributed by atoms with Crippen molar-refractivity contribution < 1.29 is 4.74 Å². The first-order valence-electron chi connectivity index (χ1n) is 6.00. The molecule has 0 aromatic heterocycles. The zero-order valence-corrected chi connectivity index (χ0v) is 10.9. The second-order valence-corrected chi connectivity index (χ2v) is 3.16. The Balaban J connectivity index is 0.00000106. The van der Waals surface area contributed by atoms with Crippen LogP contribution in [0.15, 0.2) is 29.3 Å². The summed E-state index contributed by atoms with van der Waals surface area (Å²) < 4.78 is 5.07. The van der Waals surface area contributed by atoms with Crippen LogP contribution in [-0.2, 0) is 0 Å². The molecule has 0 unspecified atom stereocenters. The smallest absolute Gasteiger partial charge is 0.118 e. The molecule has 16 heavy (non-hydrogen) atoms. The van der Waals surface area contributed by atoms with Crippen molar-refractivity contribution in [2.75, 3.05) is 13.7 Å². The van der Waals surface area contributed by atoms with Crippen LogP contribution in [0.2, 0.25) is 0 Å². The lowest BCUT2D eigenvalue weighted by Crippen LogP contribution is -1.86. The van der Waals surface area contributed by atoms with Crippen LogP contribution < -0.4 is 4.74 Å². The SMILES string of the molecule is CC.CCCCN=Cc1ccc(OC)cc1. The zero-order chi connectivity index (χ0) is 12.2. The van der Waals surface area contributed by atoms with E-state index in [-0.39, 0.29) is 0 Å². The Bertz CT molecular complexity index is 277. The van der Waals surface area contributed by atoms with Gasteiger partial charge in [-0.25, -0.2) is 0 Å². The Morgan fingerprint density at radius 3 is 2.31 bits per heavy atom. The van der Waals surface area contributed by atoms with Gasteiger partial charge in [-0.1, -0.05) is 27.2 Å². The highest BCUT2D eigenvalue weighted by Crippen LogP contribution is 2.09. The van der Waals surface area contributed by atoms with Crippen molar-refractivity contribution in [3.63, 3.8) is 0 Å². The van der Waals surface area contributed by atoms with Crippen molar-refractivity contribution in [1.29, 1.82) is 0 Å². The van der Waals surface area contributed by atoms with Crippen molar-refractivity contribution in [1.82, 2.24) is 0 Å². The zero-order valence-electron chi connectivity index (χ0n) is 10.9. The van der Waals surface area contributed by atoms with Crippen LogP contribution in [0, 0.1) is 0 Å². The second-order valence-electron chi connectivity index (χ2n) is 3.16. The Morgan fingerprint density at radius 1 is 1.19 bits per heavy atom. The molecule has 0 saturated heterocycles. The normalized spacial score (nSPS) is 9.75. The molecule has 0 aliphatic rings. The molecule has 0 radical (unpaired) electrons. The largest absolute Gasteiger partial charge is 0.497 e. The Hall–Kier alpha value is -1.31. The Labute approximate surface area is 99.4 Å². The number of ether oxygens (including phenoxy) is 1. The number of rotatable bonds is 5. The summed E-state index contributed by atoms with van der Waals surface area (Å²) in [6, 6.07) is 7.91. The van der Waals surface area contributed by atoms with Gasteiger partial charge in [-0.2, -0.15) is 0 Å². The maximum Gasteiger partial charge on any atom is 0.118 e. The van der Waals surface area contributed by atoms with Crippen LogP contribution in [0.3, 0.4) is 0 Å². The van der Waals surface area contributed by atoms with E-state index in [0.29, 0.717) is 0 Å². The first kappa shape index (κ1) is 14.7. The maximum atomic E-state index is 5.07. The van der Waals surface area contributed by atoms with E-state index in [9.17, 15) is 0 Å². The van der Waals surface area contributed by atoms with E-state index in [1.807, 2.05) is 44.3 Å². The molecule has 90 valence electrons. The van der Waals surface area contributed by atoms with Crippen molar-refractivity contribution in [3.05, 3.63) is 29.8 Å². The molecule has 1 aromatic rings. The standard InChI is InChI=1S/C12H17NO.C2H6/c1-3-4-9-13-10-11-5-7-12(14-2)8-6-11;1-2/h5-8,10H,3-4,9H2,1-2H3;1-2H3. The summed E-state index contributed by atoms with van der Waals surface area (Å²) in [5.74, 6) is 0.885. The summed E-state index contributed by atoms with van der Waals surface area (Å²) in [7, 11) is 1.67. The van der Waals surface area contributed by atoms with Crippen LogP contribution in [0.4, 0.5) is 0 Å². The number of hydrogen-bond acceptors (Lipinski definition) is 2. The molecule has 1 aromatic carbocycles. The molecule has 0 heterocycles. The van der Waals surface area contributed by atoms with Gasteiger partial charge >= 0.3 is 0 Å². The van der Waals surface area contributed by atoms with E-state index in [2.05, 4.69) is 11.9 Å². The van der Waals surface area contributed by atoms with Crippen molar-refractivity contribution in [2.45, 2.75) is 33.6 Å². The summed E-state index contributed by atoms with van der Waals surface area (Å²) >= 11 is 0. The highest BCUT2D eigenvalue weighted by molar-refractivity contribution is 5.79. The number of hydrogen-bond donors (Lipinski definition) is 0. The summed E-state index contributed by atoms with van der Waals surface area (Å²) in [6.07, 6.45) is 4.27. The lowest BCUT2D eigenvalue weighted by Gasteiger charge is -1.98. The molecule has 2 nitrogen and oxygen atoms in total. The molecule has 0 N–H and O–H groups in total. The minimum Gasteiger partial charge on any atom is -0.497 e. The van der Waals surface area contributed by atoms with Gasteiger partial charge in [-0.3, -0.25) is 4.99 Å². The molecule has 0 fully saturated rings. The average Bonchev–Trinajstić information content (AvgIpc) is 2.38. The van der Waals surface area contributed by atoms with Gasteiger partial charge in [-0.05, 0) is 36.2 Å². The number of benzene rings is 1. The first-order chi connectivity index (χ1) is 7.86. The van der Waals surface area contributed by atoms with E-state index >= 15 is 0 Å². The minimum absolute atomic E-state index is 0.885. The van der Waals surface area contributed by atoms with E-state index in [0.717, 1.165) is 24.3 Å². The minimum atomic E-state index is 0.885. The van der Waals surface area contributed by atoms with Crippen LogP contribution in [-0.4, -0.2) is 19.9 Å². The topological polar surface area (TPSA) is 21.6 Å². The molecular weight excluding hydrogens is 198 g/mol. The molecule has 0 aliphatic carbocycles. The molecule has 2 heteroatoms. The molecule has 1 rings (SSSR count). The lowest BCUT2D eigenvalue weighted by molar-refractivity contribution is 0.415. The Kier molecular flexibility index (Phi) is 9.38. The fraction of sp³-hybridized carbons (Fsp3) is 0.500. The predicted molar refractivity (Wildman–Crippen MR) is 71.7 cm³/mol. The van der Waals surface area contributed by atoms with Crippen molar-refractivity contribution in [2.24, 2.45) is 4.99 Å². The fourth-order valence-corrected chi connectivity index (χ4v) is 1.11. The van der Waals surface area contributed by atoms with Gasteiger partial charge in [0, 0.05) is 12.8 Å². The summed E-state index contributed by atoms with van der Waals surface area (Å²) in [5, 5.41) is 0. The van der Waals surface area contributed by atoms with Gasteiger partial charge in [-0.15, -0.1) is 0 Å². The van der Waals surface area contributed by atoms with E-state index in [1.165, 1.54) is 6.42 Å². The highest BCUT2D eigenvalue weighted by atomic mass is 16.5. The molecule has 0 atom stereocenters. The molecular formula is C14H23NO. The van der Waals surface area contributed by atoms with Crippen molar-refractivity contribution >= 4 is 6.21 Å². The third-order valence-electron chi connectivity index (χ3n) is 2.00. The quantitative estimate of drug-likeness (QED) is 0.545. The van der Waals surface area contributed by atoms with Gasteiger partial charge in [0.1, 0.15) is 5.75 Å². The third kappa shape index (κ3) is 6.23. The lowest BCUT2D eigenvalue weighted by atomic mass is 10.2. The van der Waals surface area contributed by atoms with Crippen LogP contribution >= 0.6 is 0 Å². The number of unbranched alkanes of at least 4 members (excludes halogenated alkanes) is 1. The summed E-state index contributed by atoms with van der Waals surface area (Å²) in [5.41, 5.74) is 1.13. The van der Waals surface area contributed by atoms with Gasteiger partial charge in [0.05, 0.1) is 7.11 Å². The maximum absolute atomic E-state index is 5.07. The average molecular weight is 221 g/mol. The number of aliphatic imine (C=N–C) groups is 1. The molecule has 0 spiro atoms. The molecule has 0 aliphatic heterocycles. The Morgan fingerprint density at radius 2 is 1.81 bits per heavy atom. The van der Waals surface area contributed by atoms with E-state index in [4.69, 9.17) is 4.74 Å². The monoisotopic (exact) mass is 221 g/mol. The van der Waals surface area contributed by atoms with Crippen LogP contribution in [0.1, 0.15) is 39.2 Å². The predicted octanol–water partition coefficient (Wildman–Crippen LogP) is 3.94. The molecule has 0 bridgehead atoms. The highest BCUT2D eigenvalue weighted by Gasteiger charge is 1.89. The summed E-state index contributed by atoms with van der Waals surface area (Å²) in [4.78, 5) is 4.32. The van der Waals surface area contributed by atoms with Gasteiger partial charge in [0.2, 0.25) is 0 Å². The van der Waals surface area contributed by atoms with Gasteiger partial charge in [0.15, 0.2) is 0 Å². The van der Waals surface area contributed by atoms with Crippen LogP contribution in [0.5, 0.6) is 5.75 Å². The van der Waals surface area contributed by atoms with E-state index in [1.54, 1.807) is 7.11 Å². The van der Waals surface area contributed by atoms with Gasteiger partial charge < -0.3 is 4.74 Å². The van der Waals surface area contributed by atoms with Crippen LogP contribution in [0.25, 0.3) is 0 Å². The number of nitrogens with zero attached hydrogens (tertiary/aromatic N) is 1. The van der Waals surface area contributed by atoms with Crippen molar-refractivity contribution in [3.8, 4) is 5.75 Å². The first-order valence-corrected chi connectivity index (χ1v) is 6.00. The van der Waals surface area contributed by atoms with E-state index < -0.39 is 0 Å². The molecule has 0 saturated carbocycles.